The summed E-state index contributed by atoms with van der Waals surface area (Å²) in [5, 5.41) is 0.556. The minimum absolute atomic E-state index is 0.522. The van der Waals surface area contributed by atoms with Gasteiger partial charge in [0.05, 0.1) is 17.4 Å². The van der Waals surface area contributed by atoms with E-state index in [9.17, 15) is 0 Å². The molecule has 0 N–H and O–H groups in total. The highest BCUT2D eigenvalue weighted by molar-refractivity contribution is 9.10. The SMILES string of the molecule is Clc1ccccc1Oc1cnc(Br)nc1. The first-order chi connectivity index (χ1) is 7.25. The molecule has 1 aromatic carbocycles. The molecule has 76 valence electrons. The molecule has 0 aliphatic rings. The number of nitrogens with zero attached hydrogens (tertiary/aromatic N) is 2. The fourth-order valence-corrected chi connectivity index (χ4v) is 1.39. The molecular weight excluding hydrogens is 279 g/mol. The summed E-state index contributed by atoms with van der Waals surface area (Å²) in [5.41, 5.74) is 0. The van der Waals surface area contributed by atoms with E-state index in [4.69, 9.17) is 16.3 Å². The van der Waals surface area contributed by atoms with Gasteiger partial charge in [-0.3, -0.25) is 0 Å². The molecule has 0 unspecified atom stereocenters. The standard InChI is InChI=1S/C10H6BrClN2O/c11-10-13-5-7(6-14-10)15-9-4-2-1-3-8(9)12/h1-6H. The van der Waals surface area contributed by atoms with Crippen molar-refractivity contribution in [3.8, 4) is 11.5 Å². The van der Waals surface area contributed by atoms with Crippen molar-refractivity contribution in [2.75, 3.05) is 0 Å². The fraction of sp³-hybridized carbons (Fsp3) is 0. The number of hydrogen-bond acceptors (Lipinski definition) is 3. The van der Waals surface area contributed by atoms with E-state index in [0.29, 0.717) is 21.3 Å². The third-order valence-corrected chi connectivity index (χ3v) is 2.38. The second-order valence-electron chi connectivity index (χ2n) is 2.72. The maximum atomic E-state index is 5.93. The minimum atomic E-state index is 0.522. The van der Waals surface area contributed by atoms with E-state index < -0.39 is 0 Å². The van der Waals surface area contributed by atoms with Gasteiger partial charge in [0.1, 0.15) is 5.75 Å². The Balaban J connectivity index is 2.22. The monoisotopic (exact) mass is 284 g/mol. The lowest BCUT2D eigenvalue weighted by Gasteiger charge is -2.05. The van der Waals surface area contributed by atoms with Crippen molar-refractivity contribution in [1.82, 2.24) is 9.97 Å². The maximum Gasteiger partial charge on any atom is 0.196 e. The van der Waals surface area contributed by atoms with Crippen molar-refractivity contribution in [2.45, 2.75) is 0 Å². The van der Waals surface area contributed by atoms with E-state index in [1.54, 1.807) is 24.5 Å². The van der Waals surface area contributed by atoms with Gasteiger partial charge in [-0.05, 0) is 28.1 Å². The molecule has 0 atom stereocenters. The number of ether oxygens (including phenoxy) is 1. The Morgan fingerprint density at radius 2 is 1.80 bits per heavy atom. The van der Waals surface area contributed by atoms with E-state index in [2.05, 4.69) is 25.9 Å². The lowest BCUT2D eigenvalue weighted by Crippen LogP contribution is -1.88. The molecule has 3 nitrogen and oxygen atoms in total. The number of para-hydroxylation sites is 1. The molecule has 5 heteroatoms. The number of halogens is 2. The highest BCUT2D eigenvalue weighted by Gasteiger charge is 2.02. The molecule has 0 saturated carbocycles. The number of benzene rings is 1. The van der Waals surface area contributed by atoms with Crippen LogP contribution in [0.25, 0.3) is 0 Å². The second kappa shape index (κ2) is 4.59. The summed E-state index contributed by atoms with van der Waals surface area (Å²) in [7, 11) is 0. The highest BCUT2D eigenvalue weighted by atomic mass is 79.9. The summed E-state index contributed by atoms with van der Waals surface area (Å²) in [6.07, 6.45) is 3.14. The van der Waals surface area contributed by atoms with Crippen molar-refractivity contribution in [1.29, 1.82) is 0 Å². The molecule has 0 amide bonds. The van der Waals surface area contributed by atoms with Crippen LogP contribution in [0.5, 0.6) is 11.5 Å². The van der Waals surface area contributed by atoms with Crippen LogP contribution in [0, 0.1) is 0 Å². The Kier molecular flexibility index (Phi) is 3.18. The van der Waals surface area contributed by atoms with Crippen LogP contribution in [0.3, 0.4) is 0 Å². The van der Waals surface area contributed by atoms with Crippen LogP contribution >= 0.6 is 27.5 Å². The zero-order chi connectivity index (χ0) is 10.7. The molecule has 0 aliphatic carbocycles. The van der Waals surface area contributed by atoms with E-state index in [1.165, 1.54) is 0 Å². The van der Waals surface area contributed by atoms with Gasteiger partial charge in [-0.1, -0.05) is 23.7 Å². The van der Waals surface area contributed by atoms with Gasteiger partial charge >= 0.3 is 0 Å². The van der Waals surface area contributed by atoms with Gasteiger partial charge in [0.2, 0.25) is 0 Å². The summed E-state index contributed by atoms with van der Waals surface area (Å²) < 4.78 is 6.01. The van der Waals surface area contributed by atoms with Crippen LogP contribution in [-0.2, 0) is 0 Å². The van der Waals surface area contributed by atoms with E-state index in [-0.39, 0.29) is 0 Å². The molecule has 0 spiro atoms. The first-order valence-electron chi connectivity index (χ1n) is 4.15. The third kappa shape index (κ3) is 2.67. The van der Waals surface area contributed by atoms with Gasteiger partial charge in [-0.15, -0.1) is 0 Å². The molecule has 15 heavy (non-hydrogen) atoms. The summed E-state index contributed by atoms with van der Waals surface area (Å²) >= 11 is 9.07. The smallest absolute Gasteiger partial charge is 0.196 e. The Morgan fingerprint density at radius 3 is 2.47 bits per heavy atom. The lowest BCUT2D eigenvalue weighted by molar-refractivity contribution is 0.477. The van der Waals surface area contributed by atoms with Crippen molar-refractivity contribution in [3.05, 3.63) is 46.4 Å². The molecule has 2 aromatic rings. The molecule has 0 bridgehead atoms. The van der Waals surface area contributed by atoms with Crippen molar-refractivity contribution >= 4 is 27.5 Å². The van der Waals surface area contributed by atoms with Crippen LogP contribution in [0.1, 0.15) is 0 Å². The van der Waals surface area contributed by atoms with Crippen LogP contribution in [-0.4, -0.2) is 9.97 Å². The second-order valence-corrected chi connectivity index (χ2v) is 3.84. The van der Waals surface area contributed by atoms with Gasteiger partial charge in [0.15, 0.2) is 10.5 Å². The number of aromatic nitrogens is 2. The first-order valence-corrected chi connectivity index (χ1v) is 5.33. The van der Waals surface area contributed by atoms with Crippen LogP contribution in [0.2, 0.25) is 5.02 Å². The molecule has 1 aromatic heterocycles. The number of rotatable bonds is 2. The molecule has 0 saturated heterocycles. The molecule has 0 aliphatic heterocycles. The first kappa shape index (κ1) is 10.4. The fourth-order valence-electron chi connectivity index (χ4n) is 1.01. The Labute approximate surface area is 100 Å². The topological polar surface area (TPSA) is 35.0 Å². The zero-order valence-electron chi connectivity index (χ0n) is 7.52. The van der Waals surface area contributed by atoms with E-state index in [1.807, 2.05) is 12.1 Å². The molecule has 1 heterocycles. The molecule has 0 radical (unpaired) electrons. The largest absolute Gasteiger partial charge is 0.453 e. The molecule has 2 rings (SSSR count). The Hall–Kier alpha value is -1.13. The summed E-state index contributed by atoms with van der Waals surface area (Å²) in [6.45, 7) is 0. The van der Waals surface area contributed by atoms with Gasteiger partial charge in [-0.25, -0.2) is 9.97 Å². The molecular formula is C10H6BrClN2O. The summed E-state index contributed by atoms with van der Waals surface area (Å²) in [6, 6.07) is 7.23. The third-order valence-electron chi connectivity index (χ3n) is 1.66. The average Bonchev–Trinajstić information content (AvgIpc) is 2.25. The highest BCUT2D eigenvalue weighted by Crippen LogP contribution is 2.27. The van der Waals surface area contributed by atoms with Gasteiger partial charge in [0, 0.05) is 0 Å². The van der Waals surface area contributed by atoms with E-state index >= 15 is 0 Å². The predicted octanol–water partition coefficient (Wildman–Crippen LogP) is 3.68. The van der Waals surface area contributed by atoms with E-state index in [0.717, 1.165) is 0 Å². The Bertz CT molecular complexity index is 461. The predicted molar refractivity (Wildman–Crippen MR) is 61.3 cm³/mol. The van der Waals surface area contributed by atoms with Crippen molar-refractivity contribution in [2.24, 2.45) is 0 Å². The normalized spacial score (nSPS) is 10.0. The lowest BCUT2D eigenvalue weighted by atomic mass is 10.3. The average molecular weight is 286 g/mol. The maximum absolute atomic E-state index is 5.93. The van der Waals surface area contributed by atoms with Crippen molar-refractivity contribution in [3.63, 3.8) is 0 Å². The van der Waals surface area contributed by atoms with Gasteiger partial charge < -0.3 is 4.74 Å². The summed E-state index contributed by atoms with van der Waals surface area (Å²) in [4.78, 5) is 7.88. The van der Waals surface area contributed by atoms with Gasteiger partial charge in [-0.2, -0.15) is 0 Å². The van der Waals surface area contributed by atoms with Crippen LogP contribution in [0.15, 0.2) is 41.4 Å². The van der Waals surface area contributed by atoms with Crippen molar-refractivity contribution < 1.29 is 4.74 Å². The molecule has 0 fully saturated rings. The van der Waals surface area contributed by atoms with Crippen LogP contribution in [0.4, 0.5) is 0 Å². The van der Waals surface area contributed by atoms with Gasteiger partial charge in [0.25, 0.3) is 0 Å². The number of hydrogen-bond donors (Lipinski definition) is 0. The quantitative estimate of drug-likeness (QED) is 0.789. The minimum Gasteiger partial charge on any atom is -0.453 e. The Morgan fingerprint density at radius 1 is 1.13 bits per heavy atom. The zero-order valence-corrected chi connectivity index (χ0v) is 9.86. The summed E-state index contributed by atoms with van der Waals surface area (Å²) in [5.74, 6) is 1.14. The van der Waals surface area contributed by atoms with Crippen LogP contribution < -0.4 is 4.74 Å².